The van der Waals surface area contributed by atoms with Gasteiger partial charge in [-0.2, -0.15) is 0 Å². The number of rotatable bonds is 52. The third-order valence-corrected chi connectivity index (χ3v) is 13.1. The number of carboxylic acid groups (broad SMARTS) is 1. The van der Waals surface area contributed by atoms with Gasteiger partial charge < -0.3 is 28.6 Å². The van der Waals surface area contributed by atoms with Crippen LogP contribution < -0.4 is 5.11 Å². The lowest BCUT2D eigenvalue weighted by molar-refractivity contribution is -0.889. The molecule has 0 saturated carbocycles. The molecule has 0 N–H and O–H groups in total. The quantitative estimate of drug-likeness (QED) is 0.0259. The minimum atomic E-state index is -1.12. The van der Waals surface area contributed by atoms with Crippen molar-refractivity contribution in [2.75, 3.05) is 41.0 Å². The van der Waals surface area contributed by atoms with Crippen molar-refractivity contribution in [1.29, 1.82) is 0 Å². The molecule has 0 amide bonds. The minimum Gasteiger partial charge on any atom is -0.544 e. The lowest BCUT2D eigenvalue weighted by Gasteiger charge is -2.34. The number of aliphatic carboxylic acids is 1. The summed E-state index contributed by atoms with van der Waals surface area (Å²) in [5, 5.41) is 11.7. The van der Waals surface area contributed by atoms with Gasteiger partial charge in [0.2, 0.25) is 0 Å². The number of allylic oxidation sites excluding steroid dienone is 4. The Hall–Kier alpha value is -2.19. The van der Waals surface area contributed by atoms with Gasteiger partial charge in [-0.3, -0.25) is 9.59 Å². The molecule has 0 radical (unpaired) electrons. The van der Waals surface area contributed by atoms with Crippen LogP contribution >= 0.6 is 0 Å². The molecule has 0 aliphatic heterocycles. The van der Waals surface area contributed by atoms with Crippen molar-refractivity contribution >= 4 is 17.9 Å². The second kappa shape index (κ2) is 49.2. The van der Waals surface area contributed by atoms with E-state index in [1.807, 2.05) is 21.1 Å². The molecule has 66 heavy (non-hydrogen) atoms. The zero-order chi connectivity index (χ0) is 48.4. The summed E-state index contributed by atoms with van der Waals surface area (Å²) in [4.78, 5) is 37.1. The number of carboxylic acids is 1. The summed E-state index contributed by atoms with van der Waals surface area (Å²) in [5.41, 5.74) is 0. The van der Waals surface area contributed by atoms with Gasteiger partial charge in [-0.1, -0.05) is 218 Å². The molecule has 0 heterocycles. The van der Waals surface area contributed by atoms with E-state index < -0.39 is 18.1 Å². The Morgan fingerprint density at radius 2 is 0.758 bits per heavy atom. The highest BCUT2D eigenvalue weighted by molar-refractivity contribution is 5.70. The molecule has 0 aromatic heterocycles. The van der Waals surface area contributed by atoms with Crippen LogP contribution in [-0.4, -0.2) is 75.5 Å². The molecular weight excluding hydrogens is 823 g/mol. The molecule has 0 saturated heterocycles. The first-order chi connectivity index (χ1) is 32.1. The Balaban J connectivity index is 4.17. The number of carbonyl (C=O) groups excluding carboxylic acids is 3. The van der Waals surface area contributed by atoms with Gasteiger partial charge in [0.15, 0.2) is 6.10 Å². The monoisotopic (exact) mass is 932 g/mol. The number of hydrogen-bond donors (Lipinski definition) is 0. The first-order valence-electron chi connectivity index (χ1n) is 28.4. The van der Waals surface area contributed by atoms with E-state index in [-0.39, 0.29) is 42.7 Å². The Bertz CT molecular complexity index is 1130. The molecule has 2 unspecified atom stereocenters. The predicted molar refractivity (Wildman–Crippen MR) is 277 cm³/mol. The van der Waals surface area contributed by atoms with E-state index in [1.54, 1.807) is 0 Å². The van der Waals surface area contributed by atoms with Gasteiger partial charge in [-0.25, -0.2) is 0 Å². The average molecular weight is 933 g/mol. The third-order valence-electron chi connectivity index (χ3n) is 13.1. The van der Waals surface area contributed by atoms with E-state index in [4.69, 9.17) is 14.2 Å². The van der Waals surface area contributed by atoms with Crippen molar-refractivity contribution < 1.29 is 38.2 Å². The average Bonchev–Trinajstić information content (AvgIpc) is 3.28. The third kappa shape index (κ3) is 46.9. The van der Waals surface area contributed by atoms with Crippen LogP contribution in [0.3, 0.4) is 0 Å². The van der Waals surface area contributed by atoms with Gasteiger partial charge in [-0.05, 0) is 64.2 Å². The Morgan fingerprint density at radius 3 is 1.09 bits per heavy atom. The van der Waals surface area contributed by atoms with Gasteiger partial charge in [0.25, 0.3) is 0 Å². The van der Waals surface area contributed by atoms with E-state index in [1.165, 1.54) is 205 Å². The van der Waals surface area contributed by atoms with Crippen LogP contribution in [0, 0.1) is 0 Å². The second-order valence-electron chi connectivity index (χ2n) is 20.5. The first-order valence-corrected chi connectivity index (χ1v) is 28.4. The summed E-state index contributed by atoms with van der Waals surface area (Å²) < 4.78 is 17.3. The van der Waals surface area contributed by atoms with E-state index in [0.717, 1.165) is 38.5 Å². The summed E-state index contributed by atoms with van der Waals surface area (Å²) in [5.74, 6) is -1.72. The first kappa shape index (κ1) is 63.8. The molecule has 0 aromatic rings. The summed E-state index contributed by atoms with van der Waals surface area (Å²) >= 11 is 0. The number of unbranched alkanes of at least 4 members (excludes halogenated alkanes) is 34. The van der Waals surface area contributed by atoms with Crippen LogP contribution in [0.2, 0.25) is 0 Å². The normalized spacial score (nSPS) is 12.9. The van der Waals surface area contributed by atoms with Gasteiger partial charge in [0.1, 0.15) is 12.6 Å². The number of hydrogen-bond acceptors (Lipinski definition) is 7. The van der Waals surface area contributed by atoms with E-state index in [9.17, 15) is 19.5 Å². The van der Waals surface area contributed by atoms with Crippen molar-refractivity contribution in [2.45, 2.75) is 289 Å². The Morgan fingerprint density at radius 1 is 0.439 bits per heavy atom. The Labute approximate surface area is 409 Å². The van der Waals surface area contributed by atoms with Gasteiger partial charge in [0, 0.05) is 19.3 Å². The number of ether oxygens (including phenoxy) is 3. The number of esters is 2. The van der Waals surface area contributed by atoms with Crippen LogP contribution in [0.5, 0.6) is 0 Å². The maximum Gasteiger partial charge on any atom is 0.306 e. The van der Waals surface area contributed by atoms with Crippen molar-refractivity contribution in [1.82, 2.24) is 0 Å². The van der Waals surface area contributed by atoms with Crippen LogP contribution in [0.1, 0.15) is 277 Å². The van der Waals surface area contributed by atoms with Crippen LogP contribution in [0.4, 0.5) is 0 Å². The van der Waals surface area contributed by atoms with Crippen molar-refractivity contribution in [2.24, 2.45) is 0 Å². The molecule has 8 heteroatoms. The maximum absolute atomic E-state index is 12.8. The number of carbonyl (C=O) groups is 3. The molecule has 8 nitrogen and oxygen atoms in total. The number of nitrogens with zero attached hydrogens (tertiary/aromatic N) is 1. The summed E-state index contributed by atoms with van der Waals surface area (Å²) in [6.07, 6.45) is 57.9. The zero-order valence-corrected chi connectivity index (χ0v) is 44.4. The molecule has 0 fully saturated rings. The Kier molecular flexibility index (Phi) is 47.6. The molecule has 2 atom stereocenters. The van der Waals surface area contributed by atoms with Crippen LogP contribution in [0.15, 0.2) is 24.3 Å². The molecule has 0 spiro atoms. The predicted octanol–water partition coefficient (Wildman–Crippen LogP) is 15.4. The lowest BCUT2D eigenvalue weighted by atomic mass is 10.1. The largest absolute Gasteiger partial charge is 0.544 e. The molecule has 0 aliphatic carbocycles. The van der Waals surface area contributed by atoms with Crippen molar-refractivity contribution in [3.8, 4) is 0 Å². The summed E-state index contributed by atoms with van der Waals surface area (Å²) in [7, 11) is 5.43. The summed E-state index contributed by atoms with van der Waals surface area (Å²) in [6, 6.07) is -0.725. The highest BCUT2D eigenvalue weighted by Gasteiger charge is 2.25. The van der Waals surface area contributed by atoms with Gasteiger partial charge in [-0.15, -0.1) is 0 Å². The molecule has 0 bridgehead atoms. The molecule has 0 aliphatic rings. The van der Waals surface area contributed by atoms with Gasteiger partial charge in [0.05, 0.1) is 40.3 Å². The number of quaternary nitrogens is 1. The van der Waals surface area contributed by atoms with Gasteiger partial charge >= 0.3 is 11.9 Å². The van der Waals surface area contributed by atoms with Crippen LogP contribution in [-0.2, 0) is 28.6 Å². The van der Waals surface area contributed by atoms with E-state index >= 15 is 0 Å². The fourth-order valence-corrected chi connectivity index (χ4v) is 8.65. The lowest BCUT2D eigenvalue weighted by Crippen LogP contribution is -2.55. The highest BCUT2D eigenvalue weighted by atomic mass is 16.6. The fraction of sp³-hybridized carbons (Fsp3) is 0.879. The highest BCUT2D eigenvalue weighted by Crippen LogP contribution is 2.16. The van der Waals surface area contributed by atoms with Crippen LogP contribution in [0.25, 0.3) is 0 Å². The van der Waals surface area contributed by atoms with E-state index in [0.29, 0.717) is 12.8 Å². The van der Waals surface area contributed by atoms with Crippen molar-refractivity contribution in [3.05, 3.63) is 24.3 Å². The maximum atomic E-state index is 12.8. The molecule has 0 rings (SSSR count). The fourth-order valence-electron chi connectivity index (χ4n) is 8.65. The van der Waals surface area contributed by atoms with E-state index in [2.05, 4.69) is 38.2 Å². The zero-order valence-electron chi connectivity index (χ0n) is 44.4. The number of likely N-dealkylation sites (N-methyl/N-ethyl adjacent to an activating group) is 1. The smallest absolute Gasteiger partial charge is 0.306 e. The molecule has 388 valence electrons. The standard InChI is InChI=1S/C58H109NO7/c1-6-8-10-12-14-16-18-20-22-24-26-28-30-32-34-36-38-40-42-44-46-48-56(60)65-53-54(52-64-51-50-55(58(62)63)59(3,4)5)66-57(61)49-47-45-43-41-39-37-35-33-31-29-27-25-23-21-19-17-15-13-11-9-7-2/h24-27,54-55H,6-23,28-53H2,1-5H3/b26-24-,27-25-. The SMILES string of the molecule is CCCCCCCCCC/C=C\CCCCCCCCCCCC(=O)OCC(COCCC(C(=O)[O-])[N+](C)(C)C)OC(=O)CCCCCCCCCCC/C=C\CCCCCCCCCC. The molecular formula is C58H109NO7. The second-order valence-corrected chi connectivity index (χ2v) is 20.5. The summed E-state index contributed by atoms with van der Waals surface area (Å²) in [6.45, 7) is 4.71. The minimum absolute atomic E-state index is 0.0432. The van der Waals surface area contributed by atoms with Crippen molar-refractivity contribution in [3.63, 3.8) is 0 Å². The molecule has 0 aromatic carbocycles. The topological polar surface area (TPSA) is 102 Å².